The van der Waals surface area contributed by atoms with Gasteiger partial charge in [-0.05, 0) is 6.42 Å². The molecule has 0 saturated carbocycles. The van der Waals surface area contributed by atoms with Crippen LogP contribution in [0.5, 0.6) is 0 Å². The van der Waals surface area contributed by atoms with Crippen LogP contribution in [0.4, 0.5) is 0 Å². The van der Waals surface area contributed by atoms with Gasteiger partial charge in [0.25, 0.3) is 0 Å². The van der Waals surface area contributed by atoms with Crippen LogP contribution in [-0.4, -0.2) is 28.3 Å². The van der Waals surface area contributed by atoms with E-state index in [2.05, 4.69) is 17.9 Å². The minimum atomic E-state index is -0.914. The number of thiol groups is 1. The first-order valence-corrected chi connectivity index (χ1v) is 5.15. The smallest absolute Gasteiger partial charge is 0.320 e. The van der Waals surface area contributed by atoms with Crippen molar-refractivity contribution in [2.24, 2.45) is 11.8 Å². The first kappa shape index (κ1) is 11.5. The molecule has 1 saturated heterocycles. The van der Waals surface area contributed by atoms with Gasteiger partial charge in [-0.3, -0.25) is 14.9 Å². The topological polar surface area (TPSA) is 66.4 Å². The molecule has 0 amide bonds. The lowest BCUT2D eigenvalue weighted by molar-refractivity contribution is -0.139. The highest BCUT2D eigenvalue weighted by Crippen LogP contribution is 2.26. The number of Topliss-reactive ketones (excluding diaryl/α,β-unsaturated/α-hetero) is 1. The number of carbonyl (C=O) groups is 2. The van der Waals surface area contributed by atoms with Crippen LogP contribution in [0.3, 0.4) is 0 Å². The van der Waals surface area contributed by atoms with E-state index in [4.69, 9.17) is 5.11 Å². The summed E-state index contributed by atoms with van der Waals surface area (Å²) in [6.07, 6.45) is 0.348. The Morgan fingerprint density at radius 2 is 2.07 bits per heavy atom. The van der Waals surface area contributed by atoms with Gasteiger partial charge in [0.2, 0.25) is 0 Å². The van der Waals surface area contributed by atoms with E-state index >= 15 is 0 Å². The molecule has 2 N–H and O–H groups in total. The molecule has 3 atom stereocenters. The van der Waals surface area contributed by atoms with Gasteiger partial charge in [0.15, 0.2) is 0 Å². The van der Waals surface area contributed by atoms with Crippen LogP contribution in [0.15, 0.2) is 0 Å². The Kier molecular flexibility index (Phi) is 3.55. The molecule has 0 aromatic rings. The SMILES string of the molecule is CC(C)C(=O)C1C[C@@H](C(=O)O)NC1S. The van der Waals surface area contributed by atoms with E-state index in [1.54, 1.807) is 0 Å². The van der Waals surface area contributed by atoms with Gasteiger partial charge in [0.05, 0.1) is 5.37 Å². The lowest BCUT2D eigenvalue weighted by Gasteiger charge is -2.14. The van der Waals surface area contributed by atoms with Crippen molar-refractivity contribution in [1.29, 1.82) is 0 Å². The fourth-order valence-corrected chi connectivity index (χ4v) is 2.09. The predicted molar refractivity (Wildman–Crippen MR) is 55.3 cm³/mol. The van der Waals surface area contributed by atoms with E-state index in [0.717, 1.165) is 0 Å². The molecule has 1 aliphatic rings. The highest BCUT2D eigenvalue weighted by Gasteiger charge is 2.39. The first-order chi connectivity index (χ1) is 6.43. The summed E-state index contributed by atoms with van der Waals surface area (Å²) in [5.41, 5.74) is 0. The van der Waals surface area contributed by atoms with E-state index in [-0.39, 0.29) is 23.0 Å². The maximum atomic E-state index is 11.6. The van der Waals surface area contributed by atoms with E-state index in [1.165, 1.54) is 0 Å². The van der Waals surface area contributed by atoms with Gasteiger partial charge < -0.3 is 5.11 Å². The molecule has 0 aliphatic carbocycles. The van der Waals surface area contributed by atoms with E-state index < -0.39 is 12.0 Å². The van der Waals surface area contributed by atoms with E-state index in [0.29, 0.717) is 6.42 Å². The summed E-state index contributed by atoms with van der Waals surface area (Å²) in [7, 11) is 0. The molecule has 0 aromatic heterocycles. The Morgan fingerprint density at radius 3 is 2.43 bits per heavy atom. The van der Waals surface area contributed by atoms with Gasteiger partial charge >= 0.3 is 5.97 Å². The van der Waals surface area contributed by atoms with Crippen LogP contribution in [0, 0.1) is 11.8 Å². The monoisotopic (exact) mass is 217 g/mol. The van der Waals surface area contributed by atoms with Gasteiger partial charge in [-0.15, -0.1) is 0 Å². The average Bonchev–Trinajstić information content (AvgIpc) is 2.46. The average molecular weight is 217 g/mol. The third-order valence-corrected chi connectivity index (χ3v) is 2.98. The standard InChI is InChI=1S/C9H15NO3S/c1-4(2)7(11)5-3-6(9(12)13)10-8(5)14/h4-6,8,10,14H,3H2,1-2H3,(H,12,13)/t5?,6-,8?/m0/s1. The second kappa shape index (κ2) is 4.31. The second-order valence-corrected chi connectivity index (χ2v) is 4.46. The maximum absolute atomic E-state index is 11.6. The number of hydrogen-bond acceptors (Lipinski definition) is 4. The van der Waals surface area contributed by atoms with Crippen LogP contribution < -0.4 is 5.32 Å². The van der Waals surface area contributed by atoms with E-state index in [1.807, 2.05) is 13.8 Å². The first-order valence-electron chi connectivity index (χ1n) is 4.64. The fourth-order valence-electron chi connectivity index (χ4n) is 1.65. The zero-order chi connectivity index (χ0) is 10.9. The maximum Gasteiger partial charge on any atom is 0.320 e. The summed E-state index contributed by atoms with van der Waals surface area (Å²) in [4.78, 5) is 22.3. The summed E-state index contributed by atoms with van der Waals surface area (Å²) in [5.74, 6) is -1.17. The summed E-state index contributed by atoms with van der Waals surface area (Å²) in [5, 5.41) is 11.2. The van der Waals surface area contributed by atoms with Crippen molar-refractivity contribution in [3.8, 4) is 0 Å². The molecular formula is C9H15NO3S. The molecule has 80 valence electrons. The number of rotatable bonds is 3. The molecule has 4 nitrogen and oxygen atoms in total. The van der Waals surface area contributed by atoms with Gasteiger partial charge in [0.1, 0.15) is 11.8 Å². The highest BCUT2D eigenvalue weighted by molar-refractivity contribution is 7.81. The number of aliphatic carboxylic acids is 1. The molecule has 1 aliphatic heterocycles. The van der Waals surface area contributed by atoms with Gasteiger partial charge in [0, 0.05) is 11.8 Å². The third-order valence-electron chi connectivity index (χ3n) is 2.48. The van der Waals surface area contributed by atoms with Crippen molar-refractivity contribution in [2.45, 2.75) is 31.7 Å². The summed E-state index contributed by atoms with van der Waals surface area (Å²) >= 11 is 4.18. The molecule has 0 bridgehead atoms. The van der Waals surface area contributed by atoms with Crippen molar-refractivity contribution in [1.82, 2.24) is 5.32 Å². The molecule has 0 aromatic carbocycles. The number of carboxylic acids is 1. The quantitative estimate of drug-likeness (QED) is 0.603. The summed E-state index contributed by atoms with van der Waals surface area (Å²) < 4.78 is 0. The second-order valence-electron chi connectivity index (χ2n) is 3.90. The predicted octanol–water partition coefficient (Wildman–Crippen LogP) is 0.530. The Labute approximate surface area is 88.5 Å². The Morgan fingerprint density at radius 1 is 1.50 bits per heavy atom. The molecule has 1 heterocycles. The molecule has 0 radical (unpaired) electrons. The Hall–Kier alpha value is -0.550. The van der Waals surface area contributed by atoms with E-state index in [9.17, 15) is 9.59 Å². The van der Waals surface area contributed by atoms with Gasteiger partial charge in [-0.25, -0.2) is 0 Å². The van der Waals surface area contributed by atoms with Crippen LogP contribution >= 0.6 is 12.6 Å². The Balaban J connectivity index is 2.65. The highest BCUT2D eigenvalue weighted by atomic mass is 32.1. The zero-order valence-corrected chi connectivity index (χ0v) is 9.12. The Bertz CT molecular complexity index is 254. The number of ketones is 1. The van der Waals surface area contributed by atoms with Crippen molar-refractivity contribution >= 4 is 24.4 Å². The van der Waals surface area contributed by atoms with Crippen LogP contribution in [0.1, 0.15) is 20.3 Å². The number of carbonyl (C=O) groups excluding carboxylic acids is 1. The minimum Gasteiger partial charge on any atom is -0.480 e. The van der Waals surface area contributed by atoms with Crippen molar-refractivity contribution < 1.29 is 14.7 Å². The minimum absolute atomic E-state index is 0.0657. The third kappa shape index (κ3) is 2.27. The van der Waals surface area contributed by atoms with Gasteiger partial charge in [-0.1, -0.05) is 13.8 Å². The number of carboxylic acid groups (broad SMARTS) is 1. The normalized spacial score (nSPS) is 32.1. The molecule has 0 spiro atoms. The van der Waals surface area contributed by atoms with Crippen LogP contribution in [0.2, 0.25) is 0 Å². The van der Waals surface area contributed by atoms with Crippen LogP contribution in [0.25, 0.3) is 0 Å². The molecular weight excluding hydrogens is 202 g/mol. The molecule has 14 heavy (non-hydrogen) atoms. The summed E-state index contributed by atoms with van der Waals surface area (Å²) in [6.45, 7) is 3.63. The van der Waals surface area contributed by atoms with Crippen molar-refractivity contribution in [3.63, 3.8) is 0 Å². The molecule has 1 fully saturated rings. The molecule has 5 heteroatoms. The number of nitrogens with one attached hydrogen (secondary N) is 1. The van der Waals surface area contributed by atoms with Crippen molar-refractivity contribution in [2.75, 3.05) is 0 Å². The van der Waals surface area contributed by atoms with Crippen LogP contribution in [-0.2, 0) is 9.59 Å². The fraction of sp³-hybridized carbons (Fsp3) is 0.778. The lowest BCUT2D eigenvalue weighted by Crippen LogP contribution is -2.34. The number of hydrogen-bond donors (Lipinski definition) is 3. The largest absolute Gasteiger partial charge is 0.480 e. The summed E-state index contributed by atoms with van der Waals surface area (Å²) in [6, 6.07) is -0.634. The molecule has 2 unspecified atom stereocenters. The van der Waals surface area contributed by atoms with Gasteiger partial charge in [-0.2, -0.15) is 12.6 Å². The molecule has 1 rings (SSSR count). The van der Waals surface area contributed by atoms with Crippen molar-refractivity contribution in [3.05, 3.63) is 0 Å². The zero-order valence-electron chi connectivity index (χ0n) is 8.23. The lowest BCUT2D eigenvalue weighted by atomic mass is 9.93.